The summed E-state index contributed by atoms with van der Waals surface area (Å²) in [5.41, 5.74) is 1.43. The Balaban J connectivity index is 1.65. The van der Waals surface area contributed by atoms with Crippen LogP contribution in [-0.4, -0.2) is 33.1 Å². The molecular formula is C20H15ClN4O3. The zero-order chi connectivity index (χ0) is 19.7. The molecule has 4 rings (SSSR count). The number of hydrogen-bond acceptors (Lipinski definition) is 6. The largest absolute Gasteiger partial charge is 0.494 e. The van der Waals surface area contributed by atoms with Crippen molar-refractivity contribution < 1.29 is 14.3 Å². The molecule has 2 N–H and O–H groups in total. The minimum Gasteiger partial charge on any atom is -0.494 e. The van der Waals surface area contributed by atoms with Crippen LogP contribution in [0.25, 0.3) is 11.4 Å². The summed E-state index contributed by atoms with van der Waals surface area (Å²) >= 11 is 6.21. The molecule has 0 bridgehead atoms. The summed E-state index contributed by atoms with van der Waals surface area (Å²) in [6.07, 6.45) is 3.20. The molecule has 1 aromatic carbocycles. The van der Waals surface area contributed by atoms with Crippen molar-refractivity contribution in [1.82, 2.24) is 15.0 Å². The van der Waals surface area contributed by atoms with E-state index in [-0.39, 0.29) is 22.1 Å². The van der Waals surface area contributed by atoms with Gasteiger partial charge in [0.05, 0.1) is 6.61 Å². The smallest absolute Gasteiger partial charge is 0.231 e. The molecule has 140 valence electrons. The van der Waals surface area contributed by atoms with Gasteiger partial charge in [-0.1, -0.05) is 11.6 Å². The second kappa shape index (κ2) is 7.28. The Hall–Kier alpha value is -3.45. The Labute approximate surface area is 165 Å². The maximum atomic E-state index is 12.9. The molecule has 0 aliphatic heterocycles. The van der Waals surface area contributed by atoms with E-state index in [2.05, 4.69) is 20.3 Å². The van der Waals surface area contributed by atoms with Gasteiger partial charge >= 0.3 is 0 Å². The number of aromatic nitrogens is 3. The van der Waals surface area contributed by atoms with Crippen molar-refractivity contribution in [1.29, 1.82) is 0 Å². The Morgan fingerprint density at radius 3 is 2.46 bits per heavy atom. The first kappa shape index (κ1) is 17.9. The number of pyridine rings is 1. The van der Waals surface area contributed by atoms with Crippen molar-refractivity contribution in [3.63, 3.8) is 0 Å². The van der Waals surface area contributed by atoms with Crippen molar-refractivity contribution in [2.24, 2.45) is 0 Å². The number of ether oxygens (including phenoxy) is 1. The van der Waals surface area contributed by atoms with Gasteiger partial charge < -0.3 is 15.0 Å². The van der Waals surface area contributed by atoms with Crippen molar-refractivity contribution in [3.05, 3.63) is 70.9 Å². The van der Waals surface area contributed by atoms with Crippen LogP contribution in [0.15, 0.2) is 59.5 Å². The number of H-pyrrole nitrogens is 1. The number of nitrogens with one attached hydrogen (secondary N) is 2. The number of fused-ring (bicyclic) bond motifs is 1. The van der Waals surface area contributed by atoms with Crippen LogP contribution in [0.2, 0.25) is 0 Å². The van der Waals surface area contributed by atoms with Gasteiger partial charge in [0.15, 0.2) is 0 Å². The molecule has 0 spiro atoms. The van der Waals surface area contributed by atoms with Crippen LogP contribution in [0.5, 0.6) is 5.75 Å². The van der Waals surface area contributed by atoms with E-state index in [9.17, 15) is 9.59 Å². The number of hydrogen-bond donors (Lipinski definition) is 2. The van der Waals surface area contributed by atoms with E-state index >= 15 is 0 Å². The third-order valence-corrected chi connectivity index (χ3v) is 4.54. The van der Waals surface area contributed by atoms with Crippen LogP contribution in [0.3, 0.4) is 0 Å². The normalized spacial score (nSPS) is 13.5. The molecule has 8 heteroatoms. The molecule has 0 unspecified atom stereocenters. The maximum absolute atomic E-state index is 12.9. The van der Waals surface area contributed by atoms with Gasteiger partial charge in [0.25, 0.3) is 0 Å². The predicted octanol–water partition coefficient (Wildman–Crippen LogP) is 3.81. The monoisotopic (exact) mass is 394 g/mol. The first-order chi connectivity index (χ1) is 13.6. The van der Waals surface area contributed by atoms with E-state index in [1.54, 1.807) is 48.8 Å². The maximum Gasteiger partial charge on any atom is 0.231 e. The highest BCUT2D eigenvalue weighted by atomic mass is 35.5. The number of rotatable bonds is 5. The molecule has 0 amide bonds. The number of ketones is 2. The molecule has 1 aliphatic rings. The van der Waals surface area contributed by atoms with E-state index in [1.165, 1.54) is 0 Å². The van der Waals surface area contributed by atoms with Crippen LogP contribution in [0.1, 0.15) is 27.9 Å². The zero-order valence-corrected chi connectivity index (χ0v) is 15.6. The number of benzene rings is 1. The van der Waals surface area contributed by atoms with Gasteiger partial charge in [0, 0.05) is 23.6 Å². The highest BCUT2D eigenvalue weighted by molar-refractivity contribution is 6.50. The van der Waals surface area contributed by atoms with Gasteiger partial charge in [-0.3, -0.25) is 14.6 Å². The summed E-state index contributed by atoms with van der Waals surface area (Å²) in [6, 6.07) is 10.5. The quantitative estimate of drug-likeness (QED) is 0.683. The minimum absolute atomic E-state index is 0.00361. The highest BCUT2D eigenvalue weighted by Crippen LogP contribution is 2.30. The lowest BCUT2D eigenvalue weighted by atomic mass is 10.0. The first-order valence-electron chi connectivity index (χ1n) is 8.58. The fraction of sp³-hybridized carbons (Fsp3) is 0.100. The van der Waals surface area contributed by atoms with Gasteiger partial charge in [-0.2, -0.15) is 0 Å². The lowest BCUT2D eigenvalue weighted by molar-refractivity contribution is 0.0977. The molecular weight excluding hydrogens is 380 g/mol. The van der Waals surface area contributed by atoms with Crippen LogP contribution in [0.4, 0.5) is 5.69 Å². The number of Topliss-reactive ketones (excluding diaryl/α,β-unsaturated/α-hetero) is 2. The number of nitrogens with zero attached hydrogens (tertiary/aromatic N) is 2. The summed E-state index contributed by atoms with van der Waals surface area (Å²) in [4.78, 5) is 36.7. The summed E-state index contributed by atoms with van der Waals surface area (Å²) in [5.74, 6) is 0.166. The zero-order valence-electron chi connectivity index (χ0n) is 14.8. The average molecular weight is 395 g/mol. The number of allylic oxidation sites excluding steroid dienone is 2. The first-order valence-corrected chi connectivity index (χ1v) is 8.95. The van der Waals surface area contributed by atoms with E-state index in [4.69, 9.17) is 16.3 Å². The standard InChI is InChI=1S/C20H15ClN4O3/c1-2-28-13-5-3-12(4-6-13)23-15-14(21)18(26)16-17(19(15)27)25-20(24-16)11-7-9-22-10-8-11/h3-10,23H,2H2,1H3,(H,24,25). The molecule has 1 aliphatic carbocycles. The third-order valence-electron chi connectivity index (χ3n) is 4.18. The fourth-order valence-corrected chi connectivity index (χ4v) is 3.07. The summed E-state index contributed by atoms with van der Waals surface area (Å²) in [6.45, 7) is 2.45. The van der Waals surface area contributed by atoms with Gasteiger partial charge in [-0.15, -0.1) is 0 Å². The Bertz CT molecular complexity index is 1090. The van der Waals surface area contributed by atoms with Crippen LogP contribution >= 0.6 is 11.6 Å². The van der Waals surface area contributed by atoms with Crippen molar-refractivity contribution in [3.8, 4) is 17.1 Å². The second-order valence-electron chi connectivity index (χ2n) is 5.97. The van der Waals surface area contributed by atoms with Crippen LogP contribution in [0, 0.1) is 0 Å². The van der Waals surface area contributed by atoms with Crippen molar-refractivity contribution in [2.45, 2.75) is 6.92 Å². The fourth-order valence-electron chi connectivity index (χ4n) is 2.85. The average Bonchev–Trinajstić information content (AvgIpc) is 3.18. The number of halogens is 1. The van der Waals surface area contributed by atoms with E-state index in [0.29, 0.717) is 29.4 Å². The highest BCUT2D eigenvalue weighted by Gasteiger charge is 2.35. The van der Waals surface area contributed by atoms with Gasteiger partial charge in [0.2, 0.25) is 11.6 Å². The summed E-state index contributed by atoms with van der Waals surface area (Å²) in [7, 11) is 0. The SMILES string of the molecule is CCOc1ccc(NC2=C(Cl)C(=O)c3[nH]c(-c4ccncc4)nc3C2=O)cc1. The van der Waals surface area contributed by atoms with Crippen LogP contribution < -0.4 is 10.1 Å². The summed E-state index contributed by atoms with van der Waals surface area (Å²) in [5, 5.41) is 2.74. The minimum atomic E-state index is -0.488. The topological polar surface area (TPSA) is 97.0 Å². The van der Waals surface area contributed by atoms with Gasteiger partial charge in [-0.25, -0.2) is 4.98 Å². The molecule has 0 saturated carbocycles. The Morgan fingerprint density at radius 2 is 1.79 bits per heavy atom. The Morgan fingerprint density at radius 1 is 1.07 bits per heavy atom. The van der Waals surface area contributed by atoms with Crippen molar-refractivity contribution >= 4 is 28.9 Å². The van der Waals surface area contributed by atoms with E-state index in [0.717, 1.165) is 0 Å². The number of anilines is 1. The molecule has 0 saturated heterocycles. The molecule has 3 aromatic rings. The van der Waals surface area contributed by atoms with Gasteiger partial charge in [-0.05, 0) is 43.3 Å². The number of carbonyl (C=O) groups excluding carboxylic acids is 2. The number of aromatic amines is 1. The number of imidazole rings is 1. The molecule has 2 aromatic heterocycles. The molecule has 0 radical (unpaired) electrons. The van der Waals surface area contributed by atoms with Gasteiger partial charge in [0.1, 0.15) is 33.7 Å². The van der Waals surface area contributed by atoms with Crippen LogP contribution in [-0.2, 0) is 0 Å². The second-order valence-corrected chi connectivity index (χ2v) is 6.35. The Kier molecular flexibility index (Phi) is 4.67. The number of carbonyl (C=O) groups is 2. The summed E-state index contributed by atoms with van der Waals surface area (Å²) < 4.78 is 5.40. The predicted molar refractivity (Wildman–Crippen MR) is 105 cm³/mol. The molecule has 7 nitrogen and oxygen atoms in total. The van der Waals surface area contributed by atoms with E-state index < -0.39 is 11.6 Å². The molecule has 2 heterocycles. The van der Waals surface area contributed by atoms with Crippen molar-refractivity contribution in [2.75, 3.05) is 11.9 Å². The van der Waals surface area contributed by atoms with E-state index in [1.807, 2.05) is 6.92 Å². The molecule has 28 heavy (non-hydrogen) atoms. The third kappa shape index (κ3) is 3.16. The molecule has 0 fully saturated rings. The lowest BCUT2D eigenvalue weighted by Gasteiger charge is -2.16. The molecule has 0 atom stereocenters. The lowest BCUT2D eigenvalue weighted by Crippen LogP contribution is -2.24.